The molecule has 0 aliphatic carbocycles. The van der Waals surface area contributed by atoms with E-state index in [1.54, 1.807) is 42.7 Å². The molecule has 0 bridgehead atoms. The van der Waals surface area contributed by atoms with Crippen LogP contribution >= 0.6 is 34.3 Å². The highest BCUT2D eigenvalue weighted by molar-refractivity contribution is 7.91. The van der Waals surface area contributed by atoms with E-state index < -0.39 is 86.8 Å². The maximum atomic E-state index is 15.4. The van der Waals surface area contributed by atoms with Crippen LogP contribution in [0.15, 0.2) is 131 Å². The van der Waals surface area contributed by atoms with Gasteiger partial charge in [0.15, 0.2) is 0 Å². The predicted octanol–water partition coefficient (Wildman–Crippen LogP) is 14.6. The summed E-state index contributed by atoms with van der Waals surface area (Å²) in [5.74, 6) is -38.5. The highest BCUT2D eigenvalue weighted by Gasteiger charge is 2.92. The molecule has 72 heavy (non-hydrogen) atoms. The van der Waals surface area contributed by atoms with Gasteiger partial charge in [0.25, 0.3) is 0 Å². The third kappa shape index (κ3) is 8.59. The number of benzene rings is 6. The minimum Gasteiger partial charge on any atom is -0.497 e. The zero-order valence-corrected chi connectivity index (χ0v) is 39.9. The first-order valence-corrected chi connectivity index (χ1v) is 24.9. The van der Waals surface area contributed by atoms with Crippen molar-refractivity contribution in [3.05, 3.63) is 137 Å². The van der Waals surface area contributed by atoms with Crippen LogP contribution in [0.4, 0.5) is 52.7 Å². The number of nitrogens with zero attached hydrogens (tertiary/aromatic N) is 2. The zero-order valence-electron chi connectivity index (χ0n) is 35.9. The summed E-state index contributed by atoms with van der Waals surface area (Å²) in [7, 11) is -11.4. The molecular formula is C46H27ClF12N2O7S4. The normalized spacial score (nSPS) is 13.5. The maximum absolute atomic E-state index is 15.4. The molecule has 26 heteroatoms. The van der Waals surface area contributed by atoms with Gasteiger partial charge in [0.2, 0.25) is 9.84 Å². The average molecular weight is 1110 g/mol. The second-order valence-electron chi connectivity index (χ2n) is 15.7. The number of aromatic nitrogens is 2. The van der Waals surface area contributed by atoms with Crippen LogP contribution in [0.3, 0.4) is 0 Å². The molecule has 2 aromatic heterocycles. The summed E-state index contributed by atoms with van der Waals surface area (Å²) < 4.78 is 244. The van der Waals surface area contributed by atoms with Gasteiger partial charge < -0.3 is 9.47 Å². The lowest BCUT2D eigenvalue weighted by atomic mass is 9.89. The van der Waals surface area contributed by atoms with Gasteiger partial charge in [-0.1, -0.05) is 23.7 Å². The number of rotatable bonds is 15. The molecule has 0 saturated carbocycles. The Hall–Kier alpha value is -5.99. The molecule has 0 amide bonds. The fourth-order valence-corrected chi connectivity index (χ4v) is 11.3. The third-order valence-corrected chi connectivity index (χ3v) is 16.4. The van der Waals surface area contributed by atoms with Gasteiger partial charge in [-0.2, -0.15) is 61.1 Å². The number of sulfone groups is 1. The van der Waals surface area contributed by atoms with Gasteiger partial charge in [0.05, 0.1) is 42.4 Å². The molecule has 2 heterocycles. The number of ether oxygens (including phenoxy) is 2. The first-order valence-electron chi connectivity index (χ1n) is 20.0. The highest BCUT2D eigenvalue weighted by atomic mass is 35.5. The van der Waals surface area contributed by atoms with E-state index in [9.17, 15) is 60.7 Å². The number of hydrogen-bond acceptors (Lipinski definition) is 10. The number of thiazole rings is 2. The van der Waals surface area contributed by atoms with Crippen molar-refractivity contribution in [1.29, 1.82) is 0 Å². The van der Waals surface area contributed by atoms with Crippen LogP contribution < -0.4 is 9.47 Å². The average Bonchev–Trinajstić information content (AvgIpc) is 3.95. The number of halogens is 13. The SMILES string of the molecule is COc1ccc(-c2nc3cc(-c4ccc5sc(-c6ccc(Oc7ccc(S(=O)(=O)c8cc(C(F)(F)C(F)(F)C(F)(F)C(F)(F)C(F)(F)C(F)(F)S(=O)(=O)O)c(C)cc8Cl)cc7)cc6)nc5c4)ccc3s2)cc1. The highest BCUT2D eigenvalue weighted by Crippen LogP contribution is 2.63. The molecule has 1 N–H and O–H groups in total. The van der Waals surface area contributed by atoms with Crippen LogP contribution in [0.1, 0.15) is 11.1 Å². The predicted molar refractivity (Wildman–Crippen MR) is 244 cm³/mol. The monoisotopic (exact) mass is 1110 g/mol. The molecule has 8 rings (SSSR count). The van der Waals surface area contributed by atoms with Crippen LogP contribution in [0.5, 0.6) is 17.2 Å². The molecule has 6 aromatic carbocycles. The van der Waals surface area contributed by atoms with E-state index in [-0.39, 0.29) is 17.6 Å². The Bertz CT molecular complexity index is 3630. The van der Waals surface area contributed by atoms with Gasteiger partial charge in [-0.25, -0.2) is 18.4 Å². The number of aryl methyl sites for hydroxylation is 1. The van der Waals surface area contributed by atoms with Crippen molar-refractivity contribution >= 4 is 74.7 Å². The fraction of sp³-hybridized carbons (Fsp3) is 0.174. The van der Waals surface area contributed by atoms with E-state index in [1.165, 1.54) is 11.3 Å². The Morgan fingerprint density at radius 2 is 0.958 bits per heavy atom. The molecule has 0 unspecified atom stereocenters. The van der Waals surface area contributed by atoms with Gasteiger partial charge in [-0.3, -0.25) is 4.55 Å². The van der Waals surface area contributed by atoms with E-state index in [1.807, 2.05) is 60.7 Å². The fourth-order valence-electron chi connectivity index (χ4n) is 7.11. The van der Waals surface area contributed by atoms with Crippen LogP contribution in [0, 0.1) is 6.92 Å². The molecule has 378 valence electrons. The molecule has 0 spiro atoms. The van der Waals surface area contributed by atoms with Crippen LogP contribution in [-0.4, -0.2) is 67.4 Å². The number of hydrogen-bond donors (Lipinski definition) is 1. The van der Waals surface area contributed by atoms with Crippen molar-refractivity contribution in [1.82, 2.24) is 9.97 Å². The van der Waals surface area contributed by atoms with Crippen LogP contribution in [-0.2, 0) is 25.9 Å². The summed E-state index contributed by atoms with van der Waals surface area (Å²) in [5.41, 5.74) is 1.24. The molecule has 0 aliphatic rings. The number of alkyl halides is 12. The molecule has 0 atom stereocenters. The van der Waals surface area contributed by atoms with Gasteiger partial charge in [0, 0.05) is 16.7 Å². The first-order chi connectivity index (χ1) is 33.3. The number of methoxy groups -OCH3 is 1. The van der Waals surface area contributed by atoms with Crippen LogP contribution in [0.25, 0.3) is 52.7 Å². The van der Waals surface area contributed by atoms with E-state index in [4.69, 9.17) is 35.6 Å². The quantitative estimate of drug-likeness (QED) is 0.0787. The van der Waals surface area contributed by atoms with E-state index in [0.29, 0.717) is 17.5 Å². The Morgan fingerprint density at radius 3 is 1.40 bits per heavy atom. The van der Waals surface area contributed by atoms with Crippen molar-refractivity contribution in [2.45, 2.75) is 51.6 Å². The van der Waals surface area contributed by atoms with E-state index >= 15 is 8.78 Å². The van der Waals surface area contributed by atoms with Gasteiger partial charge >= 0.3 is 45.0 Å². The molecule has 9 nitrogen and oxygen atoms in total. The number of fused-ring (bicyclic) bond motifs is 2. The smallest absolute Gasteiger partial charge is 0.438 e. The molecule has 0 aliphatic heterocycles. The lowest BCUT2D eigenvalue weighted by Crippen LogP contribution is -2.71. The molecule has 0 saturated heterocycles. The summed E-state index contributed by atoms with van der Waals surface area (Å²) >= 11 is 8.92. The van der Waals surface area contributed by atoms with Crippen molar-refractivity contribution in [3.63, 3.8) is 0 Å². The minimum atomic E-state index is -8.35. The topological polar surface area (TPSA) is 133 Å². The Labute approximate surface area is 411 Å². The summed E-state index contributed by atoms with van der Waals surface area (Å²) in [6, 6.07) is 29.5. The summed E-state index contributed by atoms with van der Waals surface area (Å²) in [6.45, 7) is 0.414. The standard InChI is InChI=1S/C46H27ClF12N2O7S4/c1-23-19-33(47)38(22-32(23)41(48,49)42(50,51)43(52,53)44(54,55)45(56,57)46(58,59)72(64,65)66)71(62,63)31-15-13-30(14-16-31)68-29-11-5-25(6-12-29)40-61-35-21-27(8-18-37(35)70-40)26-7-17-36-34(20-26)60-39(69-36)24-3-9-28(67-2)10-4-24/h3-22H,1-2H3,(H,64,65,66). The summed E-state index contributed by atoms with van der Waals surface area (Å²) in [6.07, 6.45) is 0. The molecule has 8 aromatic rings. The van der Waals surface area contributed by atoms with Crippen molar-refractivity contribution < 1.29 is 83.5 Å². The van der Waals surface area contributed by atoms with E-state index in [2.05, 4.69) is 0 Å². The Morgan fingerprint density at radius 1 is 0.542 bits per heavy atom. The Balaban J connectivity index is 0.983. The lowest BCUT2D eigenvalue weighted by Gasteiger charge is -2.40. The van der Waals surface area contributed by atoms with Crippen molar-refractivity contribution in [2.75, 3.05) is 7.11 Å². The summed E-state index contributed by atoms with van der Waals surface area (Å²) in [5, 5.41) is -7.12. The third-order valence-electron chi connectivity index (χ3n) is 11.1. The largest absolute Gasteiger partial charge is 0.497 e. The molecule has 0 radical (unpaired) electrons. The minimum absolute atomic E-state index is 0.0246. The summed E-state index contributed by atoms with van der Waals surface area (Å²) in [4.78, 5) is 7.31. The Kier molecular flexibility index (Phi) is 13.0. The molecule has 0 fully saturated rings. The first kappa shape index (κ1) is 52.3. The second kappa shape index (κ2) is 17.9. The van der Waals surface area contributed by atoms with Gasteiger partial charge in [-0.15, -0.1) is 22.7 Å². The van der Waals surface area contributed by atoms with Crippen molar-refractivity contribution in [3.8, 4) is 49.5 Å². The van der Waals surface area contributed by atoms with Gasteiger partial charge in [-0.05, 0) is 133 Å². The van der Waals surface area contributed by atoms with Crippen molar-refractivity contribution in [2.24, 2.45) is 0 Å². The zero-order chi connectivity index (χ0) is 52.8. The lowest BCUT2D eigenvalue weighted by molar-refractivity contribution is -0.419. The molecular weight excluding hydrogens is 1080 g/mol. The van der Waals surface area contributed by atoms with E-state index in [0.717, 1.165) is 72.1 Å². The maximum Gasteiger partial charge on any atom is 0.438 e. The van der Waals surface area contributed by atoms with Gasteiger partial charge in [0.1, 0.15) is 27.3 Å². The second-order valence-corrected chi connectivity index (χ2v) is 21.5. The van der Waals surface area contributed by atoms with Crippen LogP contribution in [0.2, 0.25) is 5.02 Å².